The number of nitrogens with one attached hydrogen (secondary N) is 4. The van der Waals surface area contributed by atoms with E-state index in [1.165, 1.54) is 43.5 Å². The van der Waals surface area contributed by atoms with Crippen LogP contribution in [0, 0.1) is 23.6 Å². The standard InChI is InChI=1S/C23H31FN4O3/c1-14(28(2)13-20(29)25-19-5-3-18(24)4-6-19)21(30)26-22(31)27-23-10-15-7-16(11-23)9-17(8-15)12-23/h3-6,14-17H,7-13H2,1-2H3,(H,25,29)(H2,26,27,30,31)/p+1/t14-,15?,16?,17?,23?/m1/s1. The highest BCUT2D eigenvalue weighted by molar-refractivity contribution is 5.96. The number of carbonyl (C=O) groups excluding carboxylic acids is 3. The maximum absolute atomic E-state index is 13.0. The summed E-state index contributed by atoms with van der Waals surface area (Å²) in [5.74, 6) is 1.04. The quantitative estimate of drug-likeness (QED) is 0.550. The van der Waals surface area contributed by atoms with Crippen molar-refractivity contribution in [3.05, 3.63) is 30.1 Å². The van der Waals surface area contributed by atoms with Gasteiger partial charge in [0.15, 0.2) is 12.6 Å². The zero-order valence-electron chi connectivity index (χ0n) is 18.2. The topological polar surface area (TPSA) is 91.7 Å². The average Bonchev–Trinajstić information content (AvgIpc) is 2.67. The van der Waals surface area contributed by atoms with Crippen molar-refractivity contribution in [3.63, 3.8) is 0 Å². The molecule has 4 fully saturated rings. The molecular formula is C23H32FN4O3+. The Kier molecular flexibility index (Phi) is 6.01. The van der Waals surface area contributed by atoms with Crippen molar-refractivity contribution in [2.45, 2.75) is 57.0 Å². The Morgan fingerprint density at radius 1 is 1.06 bits per heavy atom. The van der Waals surface area contributed by atoms with Gasteiger partial charge in [0.25, 0.3) is 11.8 Å². The minimum atomic E-state index is -0.582. The first-order valence-corrected chi connectivity index (χ1v) is 11.2. The lowest BCUT2D eigenvalue weighted by molar-refractivity contribution is -0.885. The molecule has 8 heteroatoms. The van der Waals surface area contributed by atoms with Gasteiger partial charge in [-0.2, -0.15) is 0 Å². The van der Waals surface area contributed by atoms with Crippen LogP contribution >= 0.6 is 0 Å². The number of hydrogen-bond acceptors (Lipinski definition) is 3. The molecule has 4 aliphatic carbocycles. The highest BCUT2D eigenvalue weighted by atomic mass is 19.1. The SMILES string of the molecule is C[C@H](C(=O)NC(=O)NC12CC3CC(CC(C3)C1)C2)[NH+](C)CC(=O)Nc1ccc(F)cc1. The van der Waals surface area contributed by atoms with Gasteiger partial charge >= 0.3 is 6.03 Å². The smallest absolute Gasteiger partial charge is 0.322 e. The van der Waals surface area contributed by atoms with E-state index in [0.717, 1.165) is 19.3 Å². The zero-order chi connectivity index (χ0) is 22.2. The van der Waals surface area contributed by atoms with E-state index >= 15 is 0 Å². The fourth-order valence-electron chi connectivity index (χ4n) is 6.12. The van der Waals surface area contributed by atoms with Crippen LogP contribution in [-0.2, 0) is 9.59 Å². The van der Waals surface area contributed by atoms with Gasteiger partial charge in [0, 0.05) is 11.2 Å². The van der Waals surface area contributed by atoms with Gasteiger partial charge in [0.05, 0.1) is 7.05 Å². The van der Waals surface area contributed by atoms with E-state index in [-0.39, 0.29) is 23.8 Å². The number of anilines is 1. The third-order valence-electron chi connectivity index (χ3n) is 7.35. The Labute approximate surface area is 182 Å². The Hall–Kier alpha value is -2.48. The molecular weight excluding hydrogens is 399 g/mol. The maximum atomic E-state index is 13.0. The Morgan fingerprint density at radius 2 is 1.61 bits per heavy atom. The van der Waals surface area contributed by atoms with Crippen LogP contribution in [0.3, 0.4) is 0 Å². The third-order valence-corrected chi connectivity index (χ3v) is 7.35. The van der Waals surface area contributed by atoms with Gasteiger partial charge in [0.2, 0.25) is 0 Å². The monoisotopic (exact) mass is 431 g/mol. The molecule has 0 radical (unpaired) electrons. The largest absolute Gasteiger partial charge is 0.332 e. The van der Waals surface area contributed by atoms with Crippen molar-refractivity contribution in [1.29, 1.82) is 0 Å². The number of amides is 4. The van der Waals surface area contributed by atoms with E-state index in [0.29, 0.717) is 28.3 Å². The summed E-state index contributed by atoms with van der Waals surface area (Å²) < 4.78 is 13.0. The normalized spacial score (nSPS) is 30.4. The molecule has 31 heavy (non-hydrogen) atoms. The number of quaternary nitrogens is 1. The summed E-state index contributed by atoms with van der Waals surface area (Å²) in [5, 5.41) is 8.30. The number of likely N-dealkylation sites (N-methyl/N-ethyl adjacent to an activating group) is 1. The molecule has 7 nitrogen and oxygen atoms in total. The Bertz CT molecular complexity index is 822. The highest BCUT2D eigenvalue weighted by Gasteiger charge is 2.51. The van der Waals surface area contributed by atoms with E-state index in [1.807, 2.05) is 0 Å². The number of rotatable bonds is 6. The van der Waals surface area contributed by atoms with Crippen LogP contribution in [0.5, 0.6) is 0 Å². The molecule has 4 saturated carbocycles. The Balaban J connectivity index is 1.25. The molecule has 0 saturated heterocycles. The minimum absolute atomic E-state index is 0.0442. The fraction of sp³-hybridized carbons (Fsp3) is 0.609. The average molecular weight is 432 g/mol. The molecule has 0 spiro atoms. The number of urea groups is 1. The Morgan fingerprint density at radius 3 is 2.16 bits per heavy atom. The van der Waals surface area contributed by atoms with Crippen LogP contribution in [-0.4, -0.2) is 43.0 Å². The zero-order valence-corrected chi connectivity index (χ0v) is 18.2. The van der Waals surface area contributed by atoms with Gasteiger partial charge in [-0.1, -0.05) is 0 Å². The van der Waals surface area contributed by atoms with Gasteiger partial charge in [-0.15, -0.1) is 0 Å². The molecule has 0 aromatic heterocycles. The molecule has 4 aliphatic rings. The van der Waals surface area contributed by atoms with E-state index in [2.05, 4.69) is 16.0 Å². The molecule has 0 aliphatic heterocycles. The first-order valence-electron chi connectivity index (χ1n) is 11.2. The van der Waals surface area contributed by atoms with Crippen molar-refractivity contribution in [1.82, 2.24) is 10.6 Å². The first kappa shape index (κ1) is 21.7. The summed E-state index contributed by atoms with van der Waals surface area (Å²) in [5.41, 5.74) is 0.335. The van der Waals surface area contributed by atoms with E-state index in [1.54, 1.807) is 14.0 Å². The van der Waals surface area contributed by atoms with Gasteiger partial charge in [0.1, 0.15) is 5.82 Å². The van der Waals surface area contributed by atoms with Gasteiger partial charge in [-0.25, -0.2) is 9.18 Å². The predicted octanol–water partition coefficient (Wildman–Crippen LogP) is 1.46. The van der Waals surface area contributed by atoms with Crippen LogP contribution in [0.25, 0.3) is 0 Å². The summed E-state index contributed by atoms with van der Waals surface area (Å²) in [6, 6.07) is 4.49. The number of hydrogen-bond donors (Lipinski definition) is 4. The van der Waals surface area contributed by atoms with E-state index in [9.17, 15) is 18.8 Å². The van der Waals surface area contributed by atoms with Gasteiger partial charge in [-0.05, 0) is 87.5 Å². The molecule has 168 valence electrons. The molecule has 2 atom stereocenters. The first-order chi connectivity index (χ1) is 14.7. The molecule has 5 rings (SSSR count). The third kappa shape index (κ3) is 5.06. The fourth-order valence-corrected chi connectivity index (χ4v) is 6.12. The van der Waals surface area contributed by atoms with Crippen molar-refractivity contribution in [3.8, 4) is 0 Å². The molecule has 4 amide bonds. The van der Waals surface area contributed by atoms with Gasteiger partial charge < -0.3 is 15.5 Å². The number of imide groups is 1. The summed E-state index contributed by atoms with van der Waals surface area (Å²) in [6.07, 6.45) is 6.91. The lowest BCUT2D eigenvalue weighted by Crippen LogP contribution is -3.15. The van der Waals surface area contributed by atoms with Crippen LogP contribution in [0.1, 0.15) is 45.4 Å². The van der Waals surface area contributed by atoms with Crippen LogP contribution in [0.4, 0.5) is 14.9 Å². The molecule has 1 unspecified atom stereocenters. The number of halogens is 1. The minimum Gasteiger partial charge on any atom is -0.332 e. The highest BCUT2D eigenvalue weighted by Crippen LogP contribution is 2.55. The van der Waals surface area contributed by atoms with Crippen molar-refractivity contribution in [2.24, 2.45) is 17.8 Å². The van der Waals surface area contributed by atoms with Crippen LogP contribution < -0.4 is 20.9 Å². The van der Waals surface area contributed by atoms with E-state index in [4.69, 9.17) is 0 Å². The molecule has 4 bridgehead atoms. The molecule has 1 aromatic rings. The van der Waals surface area contributed by atoms with Crippen LogP contribution in [0.15, 0.2) is 24.3 Å². The summed E-state index contributed by atoms with van der Waals surface area (Å²) in [4.78, 5) is 38.1. The number of carbonyl (C=O) groups is 3. The van der Waals surface area contributed by atoms with Crippen LogP contribution in [0.2, 0.25) is 0 Å². The van der Waals surface area contributed by atoms with Crippen molar-refractivity contribution in [2.75, 3.05) is 18.9 Å². The second-order valence-corrected chi connectivity index (χ2v) is 9.94. The second-order valence-electron chi connectivity index (χ2n) is 9.94. The van der Waals surface area contributed by atoms with E-state index < -0.39 is 18.0 Å². The van der Waals surface area contributed by atoms with Crippen molar-refractivity contribution >= 4 is 23.5 Å². The maximum Gasteiger partial charge on any atom is 0.322 e. The molecule has 0 heterocycles. The lowest BCUT2D eigenvalue weighted by atomic mass is 9.53. The molecule has 4 N–H and O–H groups in total. The van der Waals surface area contributed by atoms with Gasteiger partial charge in [-0.3, -0.25) is 14.9 Å². The summed E-state index contributed by atoms with van der Waals surface area (Å²) in [6.45, 7) is 1.73. The predicted molar refractivity (Wildman–Crippen MR) is 114 cm³/mol. The summed E-state index contributed by atoms with van der Waals surface area (Å²) >= 11 is 0. The summed E-state index contributed by atoms with van der Waals surface area (Å²) in [7, 11) is 1.73. The van der Waals surface area contributed by atoms with Crippen molar-refractivity contribution < 1.29 is 23.7 Å². The number of benzene rings is 1. The second kappa shape index (κ2) is 8.57. The molecule has 1 aromatic carbocycles. The lowest BCUT2D eigenvalue weighted by Gasteiger charge is -2.56.